The van der Waals surface area contributed by atoms with Crippen LogP contribution in [0.4, 0.5) is 0 Å². The van der Waals surface area contributed by atoms with E-state index in [1.54, 1.807) is 0 Å². The SMILES string of the molecule is CCCCC1CC(=O)C2=CCCCC21. The minimum absolute atomic E-state index is 0.454. The van der Waals surface area contributed by atoms with E-state index in [4.69, 9.17) is 0 Å². The number of carbonyl (C=O) groups is 1. The van der Waals surface area contributed by atoms with Crippen LogP contribution in [0, 0.1) is 11.8 Å². The smallest absolute Gasteiger partial charge is 0.159 e. The van der Waals surface area contributed by atoms with Crippen molar-refractivity contribution in [2.24, 2.45) is 11.8 Å². The quantitative estimate of drug-likeness (QED) is 0.669. The topological polar surface area (TPSA) is 17.1 Å². The maximum Gasteiger partial charge on any atom is 0.159 e. The lowest BCUT2D eigenvalue weighted by molar-refractivity contribution is -0.114. The molecule has 2 atom stereocenters. The summed E-state index contributed by atoms with van der Waals surface area (Å²) in [5, 5.41) is 0. The summed E-state index contributed by atoms with van der Waals surface area (Å²) in [6.45, 7) is 2.23. The number of rotatable bonds is 3. The van der Waals surface area contributed by atoms with Gasteiger partial charge in [0.15, 0.2) is 5.78 Å². The van der Waals surface area contributed by atoms with Gasteiger partial charge in [-0.15, -0.1) is 0 Å². The lowest BCUT2D eigenvalue weighted by Crippen LogP contribution is -2.12. The zero-order valence-corrected chi connectivity index (χ0v) is 9.09. The van der Waals surface area contributed by atoms with Gasteiger partial charge >= 0.3 is 0 Å². The molecule has 1 saturated carbocycles. The molecule has 0 aromatic heterocycles. The molecule has 0 spiro atoms. The Morgan fingerprint density at radius 2 is 2.36 bits per heavy atom. The number of hydrogen-bond acceptors (Lipinski definition) is 1. The molecule has 0 radical (unpaired) electrons. The highest BCUT2D eigenvalue weighted by Crippen LogP contribution is 2.42. The summed E-state index contributed by atoms with van der Waals surface area (Å²) < 4.78 is 0. The standard InChI is InChI=1S/C13H20O/c1-2-3-6-10-9-13(14)12-8-5-4-7-11(10)12/h8,10-11H,2-7,9H2,1H3. The highest BCUT2D eigenvalue weighted by molar-refractivity contribution is 5.98. The predicted octanol–water partition coefficient (Wildman–Crippen LogP) is 3.49. The van der Waals surface area contributed by atoms with Crippen molar-refractivity contribution in [2.75, 3.05) is 0 Å². The molecule has 2 aliphatic carbocycles. The van der Waals surface area contributed by atoms with Gasteiger partial charge in [0.25, 0.3) is 0 Å². The molecule has 1 nitrogen and oxygen atoms in total. The summed E-state index contributed by atoms with van der Waals surface area (Å²) in [5.74, 6) is 1.78. The van der Waals surface area contributed by atoms with Crippen molar-refractivity contribution in [1.82, 2.24) is 0 Å². The van der Waals surface area contributed by atoms with Gasteiger partial charge in [-0.2, -0.15) is 0 Å². The third kappa shape index (κ3) is 1.77. The maximum atomic E-state index is 11.7. The van der Waals surface area contributed by atoms with Crippen molar-refractivity contribution < 1.29 is 4.79 Å². The van der Waals surface area contributed by atoms with Gasteiger partial charge in [0, 0.05) is 6.42 Å². The highest BCUT2D eigenvalue weighted by atomic mass is 16.1. The van der Waals surface area contributed by atoms with Gasteiger partial charge in [0.05, 0.1) is 0 Å². The van der Waals surface area contributed by atoms with Crippen molar-refractivity contribution >= 4 is 5.78 Å². The van der Waals surface area contributed by atoms with Crippen LogP contribution in [0.1, 0.15) is 51.9 Å². The van der Waals surface area contributed by atoms with E-state index in [0.29, 0.717) is 17.6 Å². The number of Topliss-reactive ketones (excluding diaryl/α,β-unsaturated/α-hetero) is 1. The second-order valence-electron chi connectivity index (χ2n) is 4.73. The third-order valence-electron chi connectivity index (χ3n) is 3.75. The van der Waals surface area contributed by atoms with Crippen LogP contribution in [0.15, 0.2) is 11.6 Å². The van der Waals surface area contributed by atoms with Crippen molar-refractivity contribution in [3.63, 3.8) is 0 Å². The van der Waals surface area contributed by atoms with E-state index in [-0.39, 0.29) is 0 Å². The number of carbonyl (C=O) groups excluding carboxylic acids is 1. The Kier molecular flexibility index (Phi) is 3.05. The van der Waals surface area contributed by atoms with E-state index in [1.165, 1.54) is 37.7 Å². The molecule has 0 aliphatic heterocycles. The molecule has 0 aromatic rings. The normalized spacial score (nSPS) is 31.5. The number of ketones is 1. The fourth-order valence-electron chi connectivity index (χ4n) is 2.98. The molecule has 2 unspecified atom stereocenters. The summed E-state index contributed by atoms with van der Waals surface area (Å²) in [6, 6.07) is 0. The van der Waals surface area contributed by atoms with Crippen LogP contribution in [-0.4, -0.2) is 5.78 Å². The maximum absolute atomic E-state index is 11.7. The second-order valence-corrected chi connectivity index (χ2v) is 4.73. The van der Waals surface area contributed by atoms with Crippen molar-refractivity contribution in [2.45, 2.75) is 51.9 Å². The molecular formula is C13H20O. The predicted molar refractivity (Wildman–Crippen MR) is 58.1 cm³/mol. The molecule has 1 fully saturated rings. The van der Waals surface area contributed by atoms with Gasteiger partial charge in [-0.3, -0.25) is 4.79 Å². The molecule has 2 aliphatic rings. The Morgan fingerprint density at radius 1 is 1.50 bits per heavy atom. The van der Waals surface area contributed by atoms with E-state index in [2.05, 4.69) is 13.0 Å². The first-order chi connectivity index (χ1) is 6.83. The fraction of sp³-hybridized carbons (Fsp3) is 0.769. The van der Waals surface area contributed by atoms with E-state index in [0.717, 1.165) is 12.8 Å². The Bertz CT molecular complexity index is 252. The molecular weight excluding hydrogens is 172 g/mol. The zero-order chi connectivity index (χ0) is 9.97. The van der Waals surface area contributed by atoms with Crippen LogP contribution in [0.3, 0.4) is 0 Å². The molecule has 0 N–H and O–H groups in total. The molecule has 1 heteroatoms. The van der Waals surface area contributed by atoms with E-state index in [1.807, 2.05) is 0 Å². The first kappa shape index (κ1) is 9.95. The largest absolute Gasteiger partial charge is 0.295 e. The Hall–Kier alpha value is -0.590. The summed E-state index contributed by atoms with van der Waals surface area (Å²) >= 11 is 0. The van der Waals surface area contributed by atoms with Crippen LogP contribution >= 0.6 is 0 Å². The molecule has 0 heterocycles. The number of fused-ring (bicyclic) bond motifs is 1. The van der Waals surface area contributed by atoms with Crippen LogP contribution in [0.25, 0.3) is 0 Å². The minimum Gasteiger partial charge on any atom is -0.295 e. The number of hydrogen-bond donors (Lipinski definition) is 0. The van der Waals surface area contributed by atoms with Crippen LogP contribution < -0.4 is 0 Å². The van der Waals surface area contributed by atoms with Gasteiger partial charge in [-0.1, -0.05) is 25.8 Å². The molecule has 14 heavy (non-hydrogen) atoms. The minimum atomic E-state index is 0.454. The highest BCUT2D eigenvalue weighted by Gasteiger charge is 2.37. The molecule has 0 amide bonds. The Morgan fingerprint density at radius 3 is 3.14 bits per heavy atom. The van der Waals surface area contributed by atoms with E-state index >= 15 is 0 Å². The lowest BCUT2D eigenvalue weighted by Gasteiger charge is -2.22. The van der Waals surface area contributed by atoms with Gasteiger partial charge in [-0.25, -0.2) is 0 Å². The van der Waals surface area contributed by atoms with Crippen LogP contribution in [0.2, 0.25) is 0 Å². The zero-order valence-electron chi connectivity index (χ0n) is 9.09. The first-order valence-corrected chi connectivity index (χ1v) is 6.06. The van der Waals surface area contributed by atoms with Gasteiger partial charge in [0.2, 0.25) is 0 Å². The van der Waals surface area contributed by atoms with Crippen LogP contribution in [0.5, 0.6) is 0 Å². The Balaban J connectivity index is 2.04. The summed E-state index contributed by atoms with van der Waals surface area (Å²) in [4.78, 5) is 11.7. The number of unbranched alkanes of at least 4 members (excludes halogenated alkanes) is 1. The second kappa shape index (κ2) is 4.29. The summed E-state index contributed by atoms with van der Waals surface area (Å²) in [7, 11) is 0. The average molecular weight is 192 g/mol. The van der Waals surface area contributed by atoms with Gasteiger partial charge in [-0.05, 0) is 43.1 Å². The number of allylic oxidation sites excluding steroid dienone is 2. The van der Waals surface area contributed by atoms with E-state index < -0.39 is 0 Å². The molecule has 78 valence electrons. The lowest BCUT2D eigenvalue weighted by atomic mass is 9.82. The monoisotopic (exact) mass is 192 g/mol. The van der Waals surface area contributed by atoms with Crippen molar-refractivity contribution in [3.05, 3.63) is 11.6 Å². The molecule has 0 saturated heterocycles. The fourth-order valence-corrected chi connectivity index (χ4v) is 2.98. The Labute approximate surface area is 86.6 Å². The summed E-state index contributed by atoms with van der Waals surface area (Å²) in [5.41, 5.74) is 1.19. The van der Waals surface area contributed by atoms with Crippen LogP contribution in [-0.2, 0) is 4.79 Å². The molecule has 2 rings (SSSR count). The first-order valence-electron chi connectivity index (χ1n) is 6.06. The molecule has 0 aromatic carbocycles. The molecule has 0 bridgehead atoms. The third-order valence-corrected chi connectivity index (χ3v) is 3.75. The van der Waals surface area contributed by atoms with Gasteiger partial charge < -0.3 is 0 Å². The van der Waals surface area contributed by atoms with Gasteiger partial charge in [0.1, 0.15) is 0 Å². The average Bonchev–Trinajstić information content (AvgIpc) is 2.54. The summed E-state index contributed by atoms with van der Waals surface area (Å²) in [6.07, 6.45) is 10.6. The van der Waals surface area contributed by atoms with E-state index in [9.17, 15) is 4.79 Å². The van der Waals surface area contributed by atoms with Crippen molar-refractivity contribution in [3.8, 4) is 0 Å². The van der Waals surface area contributed by atoms with Crippen molar-refractivity contribution in [1.29, 1.82) is 0 Å².